The first-order valence-corrected chi connectivity index (χ1v) is 11.1. The van der Waals surface area contributed by atoms with E-state index < -0.39 is 0 Å². The summed E-state index contributed by atoms with van der Waals surface area (Å²) in [6.07, 6.45) is 20.9. The molecule has 2 aliphatic rings. The number of hydrogen-bond acceptors (Lipinski definition) is 0. The molecular weight excluding hydrogens is 312 g/mol. The maximum absolute atomic E-state index is 2.54. The van der Waals surface area contributed by atoms with Crippen LogP contribution in [0.1, 0.15) is 92.9 Å². The summed E-state index contributed by atoms with van der Waals surface area (Å²) in [4.78, 5) is 0. The third-order valence-corrected chi connectivity index (χ3v) is 6.61. The molecule has 2 aliphatic carbocycles. The van der Waals surface area contributed by atoms with E-state index in [4.69, 9.17) is 0 Å². The van der Waals surface area contributed by atoms with E-state index in [1.165, 1.54) is 62.5 Å². The second-order valence-electron chi connectivity index (χ2n) is 9.43. The Morgan fingerprint density at radius 1 is 0.692 bits per heavy atom. The zero-order valence-electron chi connectivity index (χ0n) is 18.3. The van der Waals surface area contributed by atoms with Crippen molar-refractivity contribution in [3.05, 3.63) is 46.6 Å². The highest BCUT2D eigenvalue weighted by molar-refractivity contribution is 5.27. The van der Waals surface area contributed by atoms with Crippen LogP contribution >= 0.6 is 0 Å². The van der Waals surface area contributed by atoms with E-state index in [9.17, 15) is 0 Å². The molecule has 4 unspecified atom stereocenters. The van der Waals surface area contributed by atoms with Crippen LogP contribution in [0.3, 0.4) is 0 Å². The Kier molecular flexibility index (Phi) is 8.45. The number of fused-ring (bicyclic) bond motifs is 2. The lowest BCUT2D eigenvalue weighted by atomic mass is 9.64. The Labute approximate surface area is 163 Å². The molecule has 2 saturated carbocycles. The van der Waals surface area contributed by atoms with Gasteiger partial charge in [0.2, 0.25) is 0 Å². The molecule has 0 aromatic heterocycles. The van der Waals surface area contributed by atoms with Crippen molar-refractivity contribution in [2.75, 3.05) is 0 Å². The van der Waals surface area contributed by atoms with Crippen molar-refractivity contribution >= 4 is 0 Å². The molecule has 146 valence electrons. The third-order valence-electron chi connectivity index (χ3n) is 6.61. The van der Waals surface area contributed by atoms with E-state index in [0.717, 1.165) is 23.7 Å². The van der Waals surface area contributed by atoms with Gasteiger partial charge in [0.05, 0.1) is 0 Å². The maximum Gasteiger partial charge on any atom is -0.0132 e. The van der Waals surface area contributed by atoms with Gasteiger partial charge in [-0.05, 0) is 77.6 Å². The van der Waals surface area contributed by atoms with Crippen molar-refractivity contribution < 1.29 is 0 Å². The van der Waals surface area contributed by atoms with Gasteiger partial charge in [0.25, 0.3) is 0 Å². The smallest absolute Gasteiger partial charge is 0.0132 e. The van der Waals surface area contributed by atoms with Crippen LogP contribution in [0.15, 0.2) is 46.6 Å². The molecule has 0 N–H and O–H groups in total. The Bertz CT molecular complexity index is 561. The Morgan fingerprint density at radius 3 is 1.92 bits per heavy atom. The predicted molar refractivity (Wildman–Crippen MR) is 117 cm³/mol. The van der Waals surface area contributed by atoms with Crippen molar-refractivity contribution in [1.29, 1.82) is 0 Å². The Balaban J connectivity index is 2.46. The van der Waals surface area contributed by atoms with E-state index in [0.29, 0.717) is 0 Å². The van der Waals surface area contributed by atoms with Crippen LogP contribution in [0, 0.1) is 23.7 Å². The highest BCUT2D eigenvalue weighted by atomic mass is 14.4. The van der Waals surface area contributed by atoms with Crippen molar-refractivity contribution in [3.8, 4) is 0 Å². The predicted octanol–water partition coefficient (Wildman–Crippen LogP) is 8.42. The van der Waals surface area contributed by atoms with Crippen LogP contribution in [0.2, 0.25) is 0 Å². The minimum absolute atomic E-state index is 0.732. The van der Waals surface area contributed by atoms with Crippen LogP contribution in [0.25, 0.3) is 0 Å². The van der Waals surface area contributed by atoms with Gasteiger partial charge in [-0.15, -0.1) is 0 Å². The second-order valence-corrected chi connectivity index (χ2v) is 9.43. The molecule has 0 aromatic carbocycles. The van der Waals surface area contributed by atoms with E-state index in [-0.39, 0.29) is 0 Å². The molecule has 2 bridgehead atoms. The van der Waals surface area contributed by atoms with Gasteiger partial charge in [0, 0.05) is 0 Å². The maximum atomic E-state index is 2.54. The summed E-state index contributed by atoms with van der Waals surface area (Å²) in [5.41, 5.74) is 6.22. The molecule has 0 nitrogen and oxygen atoms in total. The molecule has 4 atom stereocenters. The summed E-state index contributed by atoms with van der Waals surface area (Å²) in [5.74, 6) is 3.13. The van der Waals surface area contributed by atoms with Gasteiger partial charge in [0.15, 0.2) is 0 Å². The summed E-state index contributed by atoms with van der Waals surface area (Å²) >= 11 is 0. The molecule has 0 amide bonds. The van der Waals surface area contributed by atoms with E-state index in [1.807, 2.05) is 0 Å². The molecule has 0 radical (unpaired) electrons. The fourth-order valence-electron chi connectivity index (χ4n) is 5.09. The van der Waals surface area contributed by atoms with Gasteiger partial charge in [-0.1, -0.05) is 85.6 Å². The largest absolute Gasteiger partial charge is 0.0764 e. The number of hydrogen-bond donors (Lipinski definition) is 0. The molecule has 0 heterocycles. The van der Waals surface area contributed by atoms with Crippen LogP contribution in [-0.2, 0) is 0 Å². The van der Waals surface area contributed by atoms with Gasteiger partial charge in [-0.2, -0.15) is 0 Å². The van der Waals surface area contributed by atoms with Gasteiger partial charge in [-0.25, -0.2) is 0 Å². The summed E-state index contributed by atoms with van der Waals surface area (Å²) in [6, 6.07) is 0. The first-order chi connectivity index (χ1) is 12.4. The zero-order chi connectivity index (χ0) is 19.1. The van der Waals surface area contributed by atoms with E-state index >= 15 is 0 Å². The fourth-order valence-corrected chi connectivity index (χ4v) is 5.09. The molecule has 2 rings (SSSR count). The monoisotopic (exact) mass is 354 g/mol. The van der Waals surface area contributed by atoms with Crippen LogP contribution in [-0.4, -0.2) is 0 Å². The minimum atomic E-state index is 0.732. The SMILES string of the molecule is CC(C)=CC=C(C)C1CCCCC2C(=CC=C(C)C)C1CCCCC2C. The lowest BCUT2D eigenvalue weighted by Gasteiger charge is -2.40. The average Bonchev–Trinajstić information content (AvgIpc) is 2.55. The highest BCUT2D eigenvalue weighted by Crippen LogP contribution is 2.46. The quantitative estimate of drug-likeness (QED) is 0.446. The van der Waals surface area contributed by atoms with Gasteiger partial charge in [-0.3, -0.25) is 0 Å². The molecule has 26 heavy (non-hydrogen) atoms. The summed E-state index contributed by atoms with van der Waals surface area (Å²) in [5, 5.41) is 0. The topological polar surface area (TPSA) is 0 Å². The first kappa shape index (κ1) is 21.3. The van der Waals surface area contributed by atoms with Crippen LogP contribution < -0.4 is 0 Å². The standard InChI is InChI=1S/C26H42/c1-19(2)15-17-22(6)24-13-10-9-12-23-21(5)11-7-8-14-25(24)26(23)18-16-20(3)4/h15-18,21,23-25H,7-14H2,1-6H3. The fraction of sp³-hybridized carbons (Fsp3) is 0.692. The lowest BCUT2D eigenvalue weighted by molar-refractivity contribution is 0.231. The Hall–Kier alpha value is -1.04. The van der Waals surface area contributed by atoms with Crippen molar-refractivity contribution in [2.45, 2.75) is 92.9 Å². The lowest BCUT2D eigenvalue weighted by Crippen LogP contribution is -2.29. The van der Waals surface area contributed by atoms with Gasteiger partial charge < -0.3 is 0 Å². The molecule has 0 saturated heterocycles. The summed E-state index contributed by atoms with van der Waals surface area (Å²) in [7, 11) is 0. The van der Waals surface area contributed by atoms with E-state index in [2.05, 4.69) is 65.8 Å². The summed E-state index contributed by atoms with van der Waals surface area (Å²) < 4.78 is 0. The Morgan fingerprint density at radius 2 is 1.27 bits per heavy atom. The zero-order valence-corrected chi connectivity index (χ0v) is 18.3. The van der Waals surface area contributed by atoms with Crippen molar-refractivity contribution in [1.82, 2.24) is 0 Å². The second kappa shape index (κ2) is 10.3. The average molecular weight is 355 g/mol. The van der Waals surface area contributed by atoms with Gasteiger partial charge >= 0.3 is 0 Å². The van der Waals surface area contributed by atoms with Crippen molar-refractivity contribution in [2.24, 2.45) is 23.7 Å². The van der Waals surface area contributed by atoms with Crippen molar-refractivity contribution in [3.63, 3.8) is 0 Å². The molecule has 0 aromatic rings. The van der Waals surface area contributed by atoms with E-state index in [1.54, 1.807) is 11.1 Å². The number of allylic oxidation sites excluding steroid dienone is 8. The molecular formula is C26H42. The van der Waals surface area contributed by atoms with Gasteiger partial charge in [0.1, 0.15) is 0 Å². The summed E-state index contributed by atoms with van der Waals surface area (Å²) in [6.45, 7) is 13.8. The number of rotatable bonds is 3. The van der Waals surface area contributed by atoms with Crippen LogP contribution in [0.4, 0.5) is 0 Å². The molecule has 2 fully saturated rings. The molecule has 0 spiro atoms. The third kappa shape index (κ3) is 6.00. The highest BCUT2D eigenvalue weighted by Gasteiger charge is 2.34. The molecule has 0 aliphatic heterocycles. The normalized spacial score (nSPS) is 32.1. The first-order valence-electron chi connectivity index (χ1n) is 11.1. The van der Waals surface area contributed by atoms with Crippen LogP contribution in [0.5, 0.6) is 0 Å². The minimum Gasteiger partial charge on any atom is -0.0764 e. The molecule has 0 heteroatoms.